The number of anilines is 1. The summed E-state index contributed by atoms with van der Waals surface area (Å²) in [6.45, 7) is 2.55. The number of H-pyrrole nitrogens is 1. The van der Waals surface area contributed by atoms with Crippen molar-refractivity contribution < 1.29 is 5.11 Å². The van der Waals surface area contributed by atoms with Gasteiger partial charge in [0.05, 0.1) is 0 Å². The third-order valence-corrected chi connectivity index (χ3v) is 4.16. The lowest BCUT2D eigenvalue weighted by molar-refractivity contribution is 0.455. The Morgan fingerprint density at radius 2 is 2.00 bits per heavy atom. The zero-order valence-electron chi connectivity index (χ0n) is 13.7. The number of aromatic amines is 1. The standard InChI is InChI=1S/C19H17N5O/c1-12(15-11-21-17-14(15)8-5-9-20-17)16-18(25)24-19(23-16)22-10-13-6-3-2-4-7-13/h2-9,11,25H,10H2,1H3,(H2,22,23,24)/b15-12-. The summed E-state index contributed by atoms with van der Waals surface area (Å²) in [6.07, 6.45) is 3.48. The van der Waals surface area contributed by atoms with Crippen LogP contribution in [-0.2, 0) is 6.54 Å². The minimum Gasteiger partial charge on any atom is -0.492 e. The molecule has 0 spiro atoms. The SMILES string of the molecule is C/C(=C1\C=Nc2ncccc21)c1[nH]c(NCc2ccccc2)nc1O. The fourth-order valence-electron chi connectivity index (χ4n) is 2.83. The molecule has 1 aliphatic heterocycles. The number of fused-ring (bicyclic) bond motifs is 1. The van der Waals surface area contributed by atoms with E-state index < -0.39 is 0 Å². The van der Waals surface area contributed by atoms with Crippen LogP contribution in [0.3, 0.4) is 0 Å². The third kappa shape index (κ3) is 2.89. The number of aromatic hydroxyl groups is 1. The molecule has 0 radical (unpaired) electrons. The molecule has 0 saturated carbocycles. The summed E-state index contributed by atoms with van der Waals surface area (Å²) in [5.41, 5.74) is 4.46. The molecule has 124 valence electrons. The van der Waals surface area contributed by atoms with E-state index in [1.54, 1.807) is 12.4 Å². The monoisotopic (exact) mass is 331 g/mol. The van der Waals surface area contributed by atoms with Crippen LogP contribution in [0.15, 0.2) is 53.7 Å². The summed E-state index contributed by atoms with van der Waals surface area (Å²) < 4.78 is 0. The number of nitrogens with zero attached hydrogens (tertiary/aromatic N) is 3. The number of nitrogens with one attached hydrogen (secondary N) is 2. The zero-order chi connectivity index (χ0) is 17.2. The first-order chi connectivity index (χ1) is 12.2. The lowest BCUT2D eigenvalue weighted by Gasteiger charge is -2.05. The van der Waals surface area contributed by atoms with Crippen molar-refractivity contribution in [3.8, 4) is 5.88 Å². The van der Waals surface area contributed by atoms with Gasteiger partial charge in [-0.3, -0.25) is 0 Å². The molecule has 25 heavy (non-hydrogen) atoms. The molecular formula is C19H17N5O. The van der Waals surface area contributed by atoms with Crippen LogP contribution in [0.1, 0.15) is 23.7 Å². The topological polar surface area (TPSA) is 86.2 Å². The van der Waals surface area contributed by atoms with Gasteiger partial charge < -0.3 is 15.4 Å². The highest BCUT2D eigenvalue weighted by Gasteiger charge is 2.19. The fraction of sp³-hybridized carbons (Fsp3) is 0.105. The minimum atomic E-state index is -0.0358. The third-order valence-electron chi connectivity index (χ3n) is 4.16. The quantitative estimate of drug-likeness (QED) is 0.679. The van der Waals surface area contributed by atoms with E-state index in [0.717, 1.165) is 22.3 Å². The van der Waals surface area contributed by atoms with Crippen LogP contribution in [0.5, 0.6) is 5.88 Å². The van der Waals surface area contributed by atoms with E-state index in [9.17, 15) is 5.11 Å². The maximum absolute atomic E-state index is 10.2. The smallest absolute Gasteiger partial charge is 0.238 e. The Kier molecular flexibility index (Phi) is 3.78. The zero-order valence-corrected chi connectivity index (χ0v) is 13.7. The van der Waals surface area contributed by atoms with Gasteiger partial charge in [0, 0.05) is 30.1 Å². The van der Waals surface area contributed by atoms with E-state index in [-0.39, 0.29) is 5.88 Å². The second-order valence-electron chi connectivity index (χ2n) is 5.79. The number of hydrogen-bond acceptors (Lipinski definition) is 5. The predicted octanol–water partition coefficient (Wildman–Crippen LogP) is 3.77. The Morgan fingerprint density at radius 3 is 2.84 bits per heavy atom. The first-order valence-corrected chi connectivity index (χ1v) is 8.00. The molecule has 6 heteroatoms. The number of pyridine rings is 1. The maximum Gasteiger partial charge on any atom is 0.238 e. The second-order valence-corrected chi connectivity index (χ2v) is 5.79. The van der Waals surface area contributed by atoms with Gasteiger partial charge in [-0.25, -0.2) is 9.98 Å². The van der Waals surface area contributed by atoms with E-state index in [2.05, 4.69) is 25.3 Å². The Hall–Kier alpha value is -3.41. The highest BCUT2D eigenvalue weighted by molar-refractivity contribution is 6.23. The van der Waals surface area contributed by atoms with Gasteiger partial charge in [0.15, 0.2) is 5.82 Å². The molecule has 0 amide bonds. The molecule has 3 heterocycles. The Labute approximate surface area is 145 Å². The van der Waals surface area contributed by atoms with E-state index >= 15 is 0 Å². The lowest BCUT2D eigenvalue weighted by Crippen LogP contribution is -2.00. The summed E-state index contributed by atoms with van der Waals surface area (Å²) in [7, 11) is 0. The molecule has 0 aliphatic carbocycles. The van der Waals surface area contributed by atoms with E-state index in [4.69, 9.17) is 0 Å². The Morgan fingerprint density at radius 1 is 1.16 bits per heavy atom. The molecule has 1 aromatic carbocycles. The van der Waals surface area contributed by atoms with E-state index in [0.29, 0.717) is 24.0 Å². The largest absolute Gasteiger partial charge is 0.492 e. The van der Waals surface area contributed by atoms with Crippen LogP contribution in [0, 0.1) is 0 Å². The summed E-state index contributed by atoms with van der Waals surface area (Å²) in [6, 6.07) is 13.9. The minimum absolute atomic E-state index is 0.0358. The highest BCUT2D eigenvalue weighted by atomic mass is 16.3. The maximum atomic E-state index is 10.2. The van der Waals surface area contributed by atoms with Crippen molar-refractivity contribution >= 4 is 29.1 Å². The molecule has 4 rings (SSSR count). The molecule has 0 saturated heterocycles. The summed E-state index contributed by atoms with van der Waals surface area (Å²) in [5, 5.41) is 13.4. The lowest BCUT2D eigenvalue weighted by atomic mass is 10.0. The molecule has 3 aromatic rings. The van der Waals surface area contributed by atoms with Gasteiger partial charge in [-0.15, -0.1) is 0 Å². The molecule has 0 unspecified atom stereocenters. The van der Waals surface area contributed by atoms with Crippen LogP contribution in [-0.4, -0.2) is 26.3 Å². The van der Waals surface area contributed by atoms with Gasteiger partial charge in [-0.2, -0.15) is 4.98 Å². The molecule has 3 N–H and O–H groups in total. The van der Waals surface area contributed by atoms with Gasteiger partial charge in [0.25, 0.3) is 0 Å². The van der Waals surface area contributed by atoms with Crippen LogP contribution < -0.4 is 5.32 Å². The Bertz CT molecular complexity index is 972. The average Bonchev–Trinajstić information content (AvgIpc) is 3.24. The number of allylic oxidation sites excluding steroid dienone is 2. The second kappa shape index (κ2) is 6.24. The van der Waals surface area contributed by atoms with Gasteiger partial charge in [0.2, 0.25) is 11.8 Å². The van der Waals surface area contributed by atoms with Crippen LogP contribution in [0.25, 0.3) is 11.1 Å². The number of hydrogen-bond donors (Lipinski definition) is 3. The molecule has 0 bridgehead atoms. The first-order valence-electron chi connectivity index (χ1n) is 8.00. The normalized spacial score (nSPS) is 14.4. The van der Waals surface area contributed by atoms with Crippen molar-refractivity contribution in [3.63, 3.8) is 0 Å². The van der Waals surface area contributed by atoms with Gasteiger partial charge in [-0.05, 0) is 30.2 Å². The van der Waals surface area contributed by atoms with Crippen molar-refractivity contribution in [2.45, 2.75) is 13.5 Å². The predicted molar refractivity (Wildman–Crippen MR) is 98.9 cm³/mol. The van der Waals surface area contributed by atoms with Crippen molar-refractivity contribution in [1.82, 2.24) is 15.0 Å². The van der Waals surface area contributed by atoms with Crippen molar-refractivity contribution in [3.05, 3.63) is 65.5 Å². The number of aromatic nitrogens is 3. The number of benzene rings is 1. The van der Waals surface area contributed by atoms with Crippen LogP contribution >= 0.6 is 0 Å². The van der Waals surface area contributed by atoms with Crippen molar-refractivity contribution in [2.75, 3.05) is 5.32 Å². The Balaban J connectivity index is 1.61. The molecule has 0 fully saturated rings. The first kappa shape index (κ1) is 15.1. The molecule has 0 atom stereocenters. The number of rotatable bonds is 4. The average molecular weight is 331 g/mol. The summed E-state index contributed by atoms with van der Waals surface area (Å²) >= 11 is 0. The highest BCUT2D eigenvalue weighted by Crippen LogP contribution is 2.36. The summed E-state index contributed by atoms with van der Waals surface area (Å²) in [5.74, 6) is 1.18. The van der Waals surface area contributed by atoms with Crippen molar-refractivity contribution in [1.29, 1.82) is 0 Å². The van der Waals surface area contributed by atoms with Gasteiger partial charge in [-0.1, -0.05) is 30.3 Å². The number of aliphatic imine (C=N–C) groups is 1. The van der Waals surface area contributed by atoms with Gasteiger partial charge >= 0.3 is 0 Å². The van der Waals surface area contributed by atoms with E-state index in [1.165, 1.54) is 0 Å². The fourth-order valence-corrected chi connectivity index (χ4v) is 2.83. The van der Waals surface area contributed by atoms with Gasteiger partial charge in [0.1, 0.15) is 5.69 Å². The molecular weight excluding hydrogens is 314 g/mol. The van der Waals surface area contributed by atoms with Crippen molar-refractivity contribution in [2.24, 2.45) is 4.99 Å². The van der Waals surface area contributed by atoms with Crippen LogP contribution in [0.4, 0.5) is 11.8 Å². The van der Waals surface area contributed by atoms with E-state index in [1.807, 2.05) is 49.4 Å². The summed E-state index contributed by atoms with van der Waals surface area (Å²) in [4.78, 5) is 15.9. The number of imidazole rings is 1. The van der Waals surface area contributed by atoms with Crippen LogP contribution in [0.2, 0.25) is 0 Å². The molecule has 6 nitrogen and oxygen atoms in total. The molecule has 2 aromatic heterocycles. The molecule has 1 aliphatic rings.